The number of hydrogen-bond acceptors (Lipinski definition) is 3. The van der Waals surface area contributed by atoms with E-state index in [4.69, 9.17) is 5.73 Å². The summed E-state index contributed by atoms with van der Waals surface area (Å²) in [6, 6.07) is 3.95. The molecule has 1 heterocycles. The van der Waals surface area contributed by atoms with Crippen LogP contribution >= 0.6 is 11.3 Å². The molecule has 0 aliphatic heterocycles. The van der Waals surface area contributed by atoms with Crippen molar-refractivity contribution in [1.82, 2.24) is 0 Å². The van der Waals surface area contributed by atoms with E-state index >= 15 is 0 Å². The van der Waals surface area contributed by atoms with Crippen molar-refractivity contribution in [2.75, 3.05) is 5.32 Å². The number of nitrogens with two attached hydrogens (primary N) is 1. The number of anilines is 1. The van der Waals surface area contributed by atoms with Crippen molar-refractivity contribution in [3.63, 3.8) is 0 Å². The van der Waals surface area contributed by atoms with Crippen molar-refractivity contribution in [1.29, 1.82) is 0 Å². The van der Waals surface area contributed by atoms with Gasteiger partial charge in [-0.3, -0.25) is 9.59 Å². The molecule has 2 rings (SSSR count). The molecule has 0 saturated carbocycles. The van der Waals surface area contributed by atoms with E-state index in [9.17, 15) is 9.59 Å². The van der Waals surface area contributed by atoms with Crippen LogP contribution in [0.2, 0.25) is 0 Å². The molecule has 0 saturated heterocycles. The molecule has 1 aromatic heterocycles. The molecule has 4 nitrogen and oxygen atoms in total. The highest BCUT2D eigenvalue weighted by Gasteiger charge is 2.21. The predicted octanol–water partition coefficient (Wildman–Crippen LogP) is 3.64. The average molecular weight is 316 g/mol. The van der Waals surface area contributed by atoms with Crippen LogP contribution in [0, 0.1) is 34.6 Å². The third-order valence-corrected chi connectivity index (χ3v) is 4.89. The monoisotopic (exact) mass is 316 g/mol. The molecule has 1 aromatic carbocycles. The van der Waals surface area contributed by atoms with Crippen molar-refractivity contribution in [2.45, 2.75) is 34.6 Å². The highest BCUT2D eigenvalue weighted by molar-refractivity contribution is 7.16. The third kappa shape index (κ3) is 2.90. The zero-order valence-electron chi connectivity index (χ0n) is 13.5. The Morgan fingerprint density at radius 3 is 2.05 bits per heavy atom. The van der Waals surface area contributed by atoms with E-state index in [0.29, 0.717) is 16.1 Å². The number of thiophene rings is 1. The Balaban J connectivity index is 2.43. The lowest BCUT2D eigenvalue weighted by atomic mass is 9.99. The van der Waals surface area contributed by atoms with Crippen molar-refractivity contribution in [3.8, 4) is 0 Å². The average Bonchev–Trinajstić information content (AvgIpc) is 2.62. The van der Waals surface area contributed by atoms with Crippen LogP contribution in [-0.4, -0.2) is 11.8 Å². The molecule has 5 heteroatoms. The van der Waals surface area contributed by atoms with Gasteiger partial charge in [0.25, 0.3) is 11.8 Å². The van der Waals surface area contributed by atoms with E-state index in [1.54, 1.807) is 0 Å². The lowest BCUT2D eigenvalue weighted by molar-refractivity contribution is 0.100. The van der Waals surface area contributed by atoms with Gasteiger partial charge in [-0.1, -0.05) is 17.7 Å². The van der Waals surface area contributed by atoms with E-state index in [1.165, 1.54) is 11.3 Å². The summed E-state index contributed by atoms with van der Waals surface area (Å²) in [5, 5.41) is 3.37. The Morgan fingerprint density at radius 2 is 1.55 bits per heavy atom. The number of rotatable bonds is 3. The Labute approximate surface area is 134 Å². The van der Waals surface area contributed by atoms with E-state index < -0.39 is 5.91 Å². The Bertz CT molecular complexity index is 752. The number of amides is 2. The maximum absolute atomic E-state index is 12.6. The highest BCUT2D eigenvalue weighted by atomic mass is 32.1. The molecule has 22 heavy (non-hydrogen) atoms. The molecular weight excluding hydrogens is 296 g/mol. The Hall–Kier alpha value is -2.14. The van der Waals surface area contributed by atoms with Gasteiger partial charge in [0.05, 0.1) is 5.56 Å². The maximum Gasteiger partial charge on any atom is 0.256 e. The van der Waals surface area contributed by atoms with Gasteiger partial charge in [-0.05, 0) is 51.3 Å². The number of primary amides is 1. The molecule has 2 aromatic rings. The quantitative estimate of drug-likeness (QED) is 0.907. The topological polar surface area (TPSA) is 72.2 Å². The zero-order chi connectivity index (χ0) is 16.6. The van der Waals surface area contributed by atoms with Crippen molar-refractivity contribution in [3.05, 3.63) is 50.4 Å². The Kier molecular flexibility index (Phi) is 4.37. The molecule has 3 N–H and O–H groups in total. The number of carbonyl (C=O) groups excluding carboxylic acids is 2. The van der Waals surface area contributed by atoms with E-state index in [1.807, 2.05) is 46.8 Å². The molecule has 0 spiro atoms. The van der Waals surface area contributed by atoms with E-state index in [2.05, 4.69) is 5.32 Å². The van der Waals surface area contributed by atoms with Crippen LogP contribution in [0.4, 0.5) is 5.00 Å². The summed E-state index contributed by atoms with van der Waals surface area (Å²) in [7, 11) is 0. The predicted molar refractivity (Wildman–Crippen MR) is 90.9 cm³/mol. The molecule has 0 unspecified atom stereocenters. The van der Waals surface area contributed by atoms with Crippen LogP contribution in [0.5, 0.6) is 0 Å². The molecule has 2 amide bonds. The van der Waals surface area contributed by atoms with Crippen LogP contribution in [0.15, 0.2) is 12.1 Å². The van der Waals surface area contributed by atoms with Crippen LogP contribution in [0.3, 0.4) is 0 Å². The fraction of sp³-hybridized carbons (Fsp3) is 0.294. The van der Waals surface area contributed by atoms with Gasteiger partial charge < -0.3 is 11.1 Å². The number of carbonyl (C=O) groups is 2. The summed E-state index contributed by atoms with van der Waals surface area (Å²) >= 11 is 1.37. The first-order chi connectivity index (χ1) is 10.2. The van der Waals surface area contributed by atoms with Crippen molar-refractivity contribution in [2.24, 2.45) is 5.73 Å². The fourth-order valence-electron chi connectivity index (χ4n) is 2.72. The largest absolute Gasteiger partial charge is 0.365 e. The molecule has 0 aliphatic carbocycles. The normalized spacial score (nSPS) is 10.6. The molecule has 0 fully saturated rings. The lowest BCUT2D eigenvalue weighted by Gasteiger charge is -2.11. The molecular formula is C17H20N2O2S. The summed E-state index contributed by atoms with van der Waals surface area (Å²) in [6.07, 6.45) is 0. The second-order valence-corrected chi connectivity index (χ2v) is 6.80. The fourth-order valence-corrected chi connectivity index (χ4v) is 3.78. The van der Waals surface area contributed by atoms with E-state index in [0.717, 1.165) is 27.1 Å². The van der Waals surface area contributed by atoms with Gasteiger partial charge in [-0.25, -0.2) is 0 Å². The molecule has 116 valence electrons. The SMILES string of the molecule is Cc1cc(C)c(C(=O)Nc2sc(C)c(C)c2C(N)=O)c(C)c1. The van der Waals surface area contributed by atoms with Gasteiger partial charge in [-0.15, -0.1) is 11.3 Å². The second kappa shape index (κ2) is 5.93. The van der Waals surface area contributed by atoms with Gasteiger partial charge in [0.1, 0.15) is 5.00 Å². The zero-order valence-corrected chi connectivity index (χ0v) is 14.3. The number of hydrogen-bond donors (Lipinski definition) is 2. The summed E-state index contributed by atoms with van der Waals surface area (Å²) in [4.78, 5) is 25.2. The van der Waals surface area contributed by atoms with Crippen LogP contribution in [0.25, 0.3) is 0 Å². The summed E-state index contributed by atoms with van der Waals surface area (Å²) in [5.74, 6) is -0.728. The summed E-state index contributed by atoms with van der Waals surface area (Å²) in [5.41, 5.74) is 10.3. The lowest BCUT2D eigenvalue weighted by Crippen LogP contribution is -2.19. The number of aryl methyl sites for hydroxylation is 4. The first-order valence-electron chi connectivity index (χ1n) is 7.01. The third-order valence-electron chi connectivity index (χ3n) is 3.76. The van der Waals surface area contributed by atoms with Crippen LogP contribution in [-0.2, 0) is 0 Å². The van der Waals surface area contributed by atoms with Crippen molar-refractivity contribution < 1.29 is 9.59 Å². The minimum absolute atomic E-state index is 0.209. The van der Waals surface area contributed by atoms with Crippen LogP contribution < -0.4 is 11.1 Å². The van der Waals surface area contributed by atoms with Gasteiger partial charge >= 0.3 is 0 Å². The first-order valence-corrected chi connectivity index (χ1v) is 7.83. The molecule has 0 bridgehead atoms. The number of benzene rings is 1. The number of nitrogens with one attached hydrogen (secondary N) is 1. The smallest absolute Gasteiger partial charge is 0.256 e. The minimum Gasteiger partial charge on any atom is -0.365 e. The van der Waals surface area contributed by atoms with Gasteiger partial charge in [-0.2, -0.15) is 0 Å². The highest BCUT2D eigenvalue weighted by Crippen LogP contribution is 2.32. The van der Waals surface area contributed by atoms with Gasteiger partial charge in [0, 0.05) is 10.4 Å². The molecule has 0 atom stereocenters. The summed E-state index contributed by atoms with van der Waals surface area (Å²) < 4.78 is 0. The first kappa shape index (κ1) is 16.2. The van der Waals surface area contributed by atoms with E-state index in [-0.39, 0.29) is 5.91 Å². The van der Waals surface area contributed by atoms with Crippen molar-refractivity contribution >= 4 is 28.2 Å². The maximum atomic E-state index is 12.6. The summed E-state index contributed by atoms with van der Waals surface area (Å²) in [6.45, 7) is 9.57. The van der Waals surface area contributed by atoms with Crippen LogP contribution in [0.1, 0.15) is 47.8 Å². The van der Waals surface area contributed by atoms with Gasteiger partial charge in [0.15, 0.2) is 0 Å². The minimum atomic E-state index is -0.519. The molecule has 0 radical (unpaired) electrons. The Morgan fingerprint density at radius 1 is 1.00 bits per heavy atom. The second-order valence-electron chi connectivity index (χ2n) is 5.58. The molecule has 0 aliphatic rings. The van der Waals surface area contributed by atoms with Gasteiger partial charge in [0.2, 0.25) is 0 Å². The standard InChI is InChI=1S/C17H20N2O2S/c1-8-6-9(2)13(10(3)7-8)16(21)19-17-14(15(18)20)11(4)12(5)22-17/h6-7H,1-5H3,(H2,18,20)(H,19,21).